The average molecular weight is 245 g/mol. The lowest BCUT2D eigenvalue weighted by Gasteiger charge is -2.11. The molecular weight excluding hydrogens is 233 g/mol. The topological polar surface area (TPSA) is 50.2 Å². The van der Waals surface area contributed by atoms with E-state index in [1.807, 2.05) is 0 Å². The third-order valence-electron chi connectivity index (χ3n) is 3.44. The first-order valence-electron chi connectivity index (χ1n) is 5.97. The lowest BCUT2D eigenvalue weighted by molar-refractivity contribution is -0.136. The van der Waals surface area contributed by atoms with Gasteiger partial charge in [-0.15, -0.1) is 0 Å². The molecule has 0 unspecified atom stereocenters. The van der Waals surface area contributed by atoms with Crippen LogP contribution in [-0.4, -0.2) is 16.1 Å². The second-order valence-corrected chi connectivity index (χ2v) is 4.58. The number of halogens is 1. The summed E-state index contributed by atoms with van der Waals surface area (Å²) in [5, 5.41) is 9.65. The number of benzene rings is 1. The van der Waals surface area contributed by atoms with Crippen molar-refractivity contribution in [1.29, 1.82) is 0 Å². The number of nitrogens with zero attached hydrogens (tertiary/aromatic N) is 1. The molecule has 18 heavy (non-hydrogen) atoms. The van der Waals surface area contributed by atoms with Crippen LogP contribution in [0.5, 0.6) is 0 Å². The minimum absolute atomic E-state index is 0.0647. The van der Waals surface area contributed by atoms with Crippen LogP contribution in [0.2, 0.25) is 0 Å². The third kappa shape index (κ3) is 1.65. The Morgan fingerprint density at radius 3 is 3.00 bits per heavy atom. The zero-order valence-corrected chi connectivity index (χ0v) is 9.74. The monoisotopic (exact) mass is 245 g/mol. The second kappa shape index (κ2) is 4.05. The molecule has 0 aliphatic heterocycles. The molecule has 1 aliphatic carbocycles. The van der Waals surface area contributed by atoms with E-state index in [9.17, 15) is 9.18 Å². The predicted octanol–water partition coefficient (Wildman–Crippen LogP) is 2.49. The van der Waals surface area contributed by atoms with Crippen LogP contribution in [0, 0.1) is 5.82 Å². The van der Waals surface area contributed by atoms with Crippen LogP contribution in [-0.2, 0) is 24.1 Å². The van der Waals surface area contributed by atoms with Crippen molar-refractivity contribution in [3.05, 3.63) is 40.8 Å². The van der Waals surface area contributed by atoms with E-state index in [1.165, 1.54) is 6.07 Å². The van der Waals surface area contributed by atoms with Crippen LogP contribution in [0.4, 0.5) is 4.39 Å². The van der Waals surface area contributed by atoms with Crippen LogP contribution in [0.25, 0.3) is 10.9 Å². The van der Waals surface area contributed by atoms with Crippen LogP contribution >= 0.6 is 0 Å². The van der Waals surface area contributed by atoms with Crippen molar-refractivity contribution in [3.63, 3.8) is 0 Å². The van der Waals surface area contributed by atoms with Crippen molar-refractivity contribution in [2.24, 2.45) is 0 Å². The van der Waals surface area contributed by atoms with E-state index in [0.717, 1.165) is 36.1 Å². The summed E-state index contributed by atoms with van der Waals surface area (Å²) in [4.78, 5) is 15.3. The van der Waals surface area contributed by atoms with E-state index in [2.05, 4.69) is 4.98 Å². The molecule has 1 aromatic heterocycles. The zero-order chi connectivity index (χ0) is 12.7. The highest BCUT2D eigenvalue weighted by Crippen LogP contribution is 2.31. The third-order valence-corrected chi connectivity index (χ3v) is 3.44. The summed E-state index contributed by atoms with van der Waals surface area (Å²) in [5.41, 5.74) is 2.91. The number of carboxylic acid groups (broad SMARTS) is 1. The molecule has 1 aromatic carbocycles. The Morgan fingerprint density at radius 2 is 2.22 bits per heavy atom. The van der Waals surface area contributed by atoms with E-state index in [1.54, 1.807) is 12.1 Å². The molecule has 0 spiro atoms. The number of aryl methyl sites for hydroxylation is 1. The smallest absolute Gasteiger partial charge is 0.307 e. The van der Waals surface area contributed by atoms with Crippen molar-refractivity contribution >= 4 is 16.9 Å². The fourth-order valence-corrected chi connectivity index (χ4v) is 2.70. The molecule has 1 N–H and O–H groups in total. The van der Waals surface area contributed by atoms with Crippen molar-refractivity contribution in [2.45, 2.75) is 25.7 Å². The Kier molecular flexibility index (Phi) is 2.51. The number of para-hydroxylation sites is 1. The Bertz CT molecular complexity index is 652. The lowest BCUT2D eigenvalue weighted by atomic mass is 9.98. The number of carboxylic acids is 1. The molecule has 2 aromatic rings. The van der Waals surface area contributed by atoms with Crippen molar-refractivity contribution in [3.8, 4) is 0 Å². The minimum Gasteiger partial charge on any atom is -0.481 e. The van der Waals surface area contributed by atoms with E-state index < -0.39 is 5.97 Å². The first kappa shape index (κ1) is 11.1. The zero-order valence-electron chi connectivity index (χ0n) is 9.74. The number of fused-ring (bicyclic) bond motifs is 2. The standard InChI is InChI=1S/C14H12FNO2/c15-11-5-1-4-9-10(7-13(17)18)8-3-2-6-12(8)16-14(9)11/h1,4-5H,2-3,6-7H2,(H,17,18). The molecule has 0 amide bonds. The maximum Gasteiger partial charge on any atom is 0.307 e. The Hall–Kier alpha value is -1.97. The van der Waals surface area contributed by atoms with E-state index in [-0.39, 0.29) is 12.2 Å². The van der Waals surface area contributed by atoms with Gasteiger partial charge in [-0.05, 0) is 36.5 Å². The van der Waals surface area contributed by atoms with Crippen LogP contribution in [0.1, 0.15) is 23.2 Å². The van der Waals surface area contributed by atoms with Crippen LogP contribution in [0.3, 0.4) is 0 Å². The van der Waals surface area contributed by atoms with Crippen molar-refractivity contribution < 1.29 is 14.3 Å². The van der Waals surface area contributed by atoms with Gasteiger partial charge in [0.15, 0.2) is 0 Å². The molecule has 4 heteroatoms. The maximum absolute atomic E-state index is 13.8. The molecule has 0 atom stereocenters. The Balaban J connectivity index is 2.35. The van der Waals surface area contributed by atoms with Crippen molar-refractivity contribution in [1.82, 2.24) is 4.98 Å². The average Bonchev–Trinajstić information content (AvgIpc) is 2.78. The Labute approximate surface area is 103 Å². The molecule has 0 saturated heterocycles. The summed E-state index contributed by atoms with van der Waals surface area (Å²) in [5.74, 6) is -1.27. The number of pyridine rings is 1. The van der Waals surface area contributed by atoms with Gasteiger partial charge in [0.2, 0.25) is 0 Å². The number of hydrogen-bond donors (Lipinski definition) is 1. The quantitative estimate of drug-likeness (QED) is 0.884. The van der Waals surface area contributed by atoms with Crippen LogP contribution < -0.4 is 0 Å². The van der Waals surface area contributed by atoms with Gasteiger partial charge < -0.3 is 5.11 Å². The summed E-state index contributed by atoms with van der Waals surface area (Å²) >= 11 is 0. The molecular formula is C14H12FNO2. The summed E-state index contributed by atoms with van der Waals surface area (Å²) in [6.07, 6.45) is 2.56. The highest BCUT2D eigenvalue weighted by molar-refractivity contribution is 5.88. The largest absolute Gasteiger partial charge is 0.481 e. The predicted molar refractivity (Wildman–Crippen MR) is 65.1 cm³/mol. The van der Waals surface area contributed by atoms with Gasteiger partial charge in [-0.3, -0.25) is 4.79 Å². The number of aliphatic carboxylic acids is 1. The molecule has 0 radical (unpaired) electrons. The van der Waals surface area contributed by atoms with Gasteiger partial charge in [0.1, 0.15) is 11.3 Å². The molecule has 0 fully saturated rings. The van der Waals surface area contributed by atoms with Gasteiger partial charge in [-0.25, -0.2) is 9.37 Å². The lowest BCUT2D eigenvalue weighted by Crippen LogP contribution is -2.06. The fraction of sp³-hybridized carbons (Fsp3) is 0.286. The van der Waals surface area contributed by atoms with E-state index in [4.69, 9.17) is 5.11 Å². The summed E-state index contributed by atoms with van der Waals surface area (Å²) in [7, 11) is 0. The highest BCUT2D eigenvalue weighted by atomic mass is 19.1. The fourth-order valence-electron chi connectivity index (χ4n) is 2.70. The normalized spacial score (nSPS) is 13.8. The highest BCUT2D eigenvalue weighted by Gasteiger charge is 2.21. The number of hydrogen-bond acceptors (Lipinski definition) is 2. The molecule has 92 valence electrons. The molecule has 0 bridgehead atoms. The molecule has 3 nitrogen and oxygen atoms in total. The van der Waals surface area contributed by atoms with Gasteiger partial charge in [0.25, 0.3) is 0 Å². The number of rotatable bonds is 2. The molecule has 0 saturated carbocycles. The SMILES string of the molecule is O=C(O)Cc1c2c(nc3c(F)cccc13)CCC2. The molecule has 1 aliphatic rings. The van der Waals surface area contributed by atoms with Crippen molar-refractivity contribution in [2.75, 3.05) is 0 Å². The first-order valence-corrected chi connectivity index (χ1v) is 5.97. The summed E-state index contributed by atoms with van der Waals surface area (Å²) in [6, 6.07) is 4.72. The summed E-state index contributed by atoms with van der Waals surface area (Å²) < 4.78 is 13.8. The van der Waals surface area contributed by atoms with Gasteiger partial charge >= 0.3 is 5.97 Å². The van der Waals surface area contributed by atoms with Gasteiger partial charge in [-0.1, -0.05) is 12.1 Å². The maximum atomic E-state index is 13.8. The van der Waals surface area contributed by atoms with E-state index >= 15 is 0 Å². The first-order chi connectivity index (χ1) is 8.66. The number of aromatic nitrogens is 1. The number of carbonyl (C=O) groups is 1. The van der Waals surface area contributed by atoms with Gasteiger partial charge in [0, 0.05) is 11.1 Å². The van der Waals surface area contributed by atoms with Gasteiger partial charge in [0.05, 0.1) is 6.42 Å². The molecule has 3 rings (SSSR count). The Morgan fingerprint density at radius 1 is 1.39 bits per heavy atom. The van der Waals surface area contributed by atoms with E-state index in [0.29, 0.717) is 10.9 Å². The summed E-state index contributed by atoms with van der Waals surface area (Å²) in [6.45, 7) is 0. The second-order valence-electron chi connectivity index (χ2n) is 4.58. The minimum atomic E-state index is -0.888. The van der Waals surface area contributed by atoms with Gasteiger partial charge in [-0.2, -0.15) is 0 Å². The molecule has 1 heterocycles. The van der Waals surface area contributed by atoms with Crippen LogP contribution in [0.15, 0.2) is 18.2 Å².